The maximum Gasteiger partial charge on any atom is 0.373 e. The Morgan fingerprint density at radius 1 is 1.17 bits per heavy atom. The highest BCUT2D eigenvalue weighted by Gasteiger charge is 2.35. The predicted molar refractivity (Wildman–Crippen MR) is 150 cm³/mol. The number of hydrogen-bond acceptors (Lipinski definition) is 9. The van der Waals surface area contributed by atoms with E-state index in [1.165, 1.54) is 37.5 Å². The molecule has 1 N–H and O–H groups in total. The van der Waals surface area contributed by atoms with E-state index in [0.717, 1.165) is 9.87 Å². The van der Waals surface area contributed by atoms with Crippen LogP contribution in [0.3, 0.4) is 0 Å². The SMILES string of the molecule is C=CCOC(=O)C1=C[C@H](C2=CCc3ccccc3C2=O)CC(OCCN(CCO)S(=O)(=O)c2ccc(OC)cc2)O1. The Kier molecular flexibility index (Phi) is 10.1. The van der Waals surface area contributed by atoms with Crippen molar-refractivity contribution in [3.05, 3.63) is 95.8 Å². The van der Waals surface area contributed by atoms with Gasteiger partial charge in [-0.2, -0.15) is 4.31 Å². The molecule has 41 heavy (non-hydrogen) atoms. The summed E-state index contributed by atoms with van der Waals surface area (Å²) in [5, 5.41) is 9.52. The van der Waals surface area contributed by atoms with Crippen LogP contribution in [0.5, 0.6) is 5.75 Å². The molecule has 2 aliphatic rings. The lowest BCUT2D eigenvalue weighted by atomic mass is 9.81. The lowest BCUT2D eigenvalue weighted by Gasteiger charge is -2.31. The van der Waals surface area contributed by atoms with Crippen molar-refractivity contribution in [2.45, 2.75) is 24.0 Å². The van der Waals surface area contributed by atoms with Crippen LogP contribution in [0.25, 0.3) is 0 Å². The van der Waals surface area contributed by atoms with Crippen molar-refractivity contribution in [1.29, 1.82) is 0 Å². The molecule has 11 heteroatoms. The number of sulfonamides is 1. The fourth-order valence-electron chi connectivity index (χ4n) is 4.68. The van der Waals surface area contributed by atoms with E-state index in [4.69, 9.17) is 18.9 Å². The molecule has 0 fully saturated rings. The molecule has 4 rings (SSSR count). The molecule has 0 amide bonds. The van der Waals surface area contributed by atoms with Gasteiger partial charge >= 0.3 is 5.97 Å². The summed E-state index contributed by atoms with van der Waals surface area (Å²) in [4.78, 5) is 26.0. The summed E-state index contributed by atoms with van der Waals surface area (Å²) in [5.41, 5.74) is 2.07. The standard InChI is InChI=1S/C30H33NO9S/c1-3-17-39-30(34)27-19-22(26-13-8-21-6-4-5-7-25(21)29(26)33)20-28(40-27)38-18-15-31(14-16-32)41(35,36)24-11-9-23(37-2)10-12-24/h3-7,9-13,19,22,28,32H,1,8,14-18,20H2,2H3/t22-,28?/m0/s1. The first-order valence-electron chi connectivity index (χ1n) is 13.1. The van der Waals surface area contributed by atoms with Crippen molar-refractivity contribution in [2.24, 2.45) is 5.92 Å². The minimum Gasteiger partial charge on any atom is -0.497 e. The Balaban J connectivity index is 1.48. The lowest BCUT2D eigenvalue weighted by Crippen LogP contribution is -2.38. The summed E-state index contributed by atoms with van der Waals surface area (Å²) >= 11 is 0. The normalized spacial score (nSPS) is 18.6. The summed E-state index contributed by atoms with van der Waals surface area (Å²) in [6.07, 6.45) is 4.69. The predicted octanol–water partition coefficient (Wildman–Crippen LogP) is 3.04. The van der Waals surface area contributed by atoms with E-state index in [2.05, 4.69) is 6.58 Å². The van der Waals surface area contributed by atoms with Gasteiger partial charge < -0.3 is 24.1 Å². The zero-order valence-electron chi connectivity index (χ0n) is 22.7. The highest BCUT2D eigenvalue weighted by molar-refractivity contribution is 7.89. The summed E-state index contributed by atoms with van der Waals surface area (Å²) in [6, 6.07) is 13.3. The first-order chi connectivity index (χ1) is 19.8. The molecule has 1 heterocycles. The zero-order valence-corrected chi connectivity index (χ0v) is 23.5. The third kappa shape index (κ3) is 7.12. The third-order valence-corrected chi connectivity index (χ3v) is 8.66. The number of Topliss-reactive ketones (excluding diaryl/α,β-unsaturated/α-hetero) is 1. The van der Waals surface area contributed by atoms with Crippen LogP contribution in [0.1, 0.15) is 22.3 Å². The number of esters is 1. The average Bonchev–Trinajstić information content (AvgIpc) is 2.99. The largest absolute Gasteiger partial charge is 0.497 e. The monoisotopic (exact) mass is 583 g/mol. The Labute approximate surface area is 239 Å². The van der Waals surface area contributed by atoms with E-state index in [0.29, 0.717) is 23.3 Å². The van der Waals surface area contributed by atoms with E-state index in [1.54, 1.807) is 12.1 Å². The number of methoxy groups -OCH3 is 1. The first kappa shape index (κ1) is 30.2. The molecule has 2 aromatic rings. The van der Waals surface area contributed by atoms with Crippen LogP contribution in [0.15, 0.2) is 89.6 Å². The number of ketones is 1. The van der Waals surface area contributed by atoms with Gasteiger partial charge in [0.2, 0.25) is 22.1 Å². The molecule has 0 saturated heterocycles. The molecule has 218 valence electrons. The van der Waals surface area contributed by atoms with E-state index in [9.17, 15) is 23.1 Å². The first-order valence-corrected chi connectivity index (χ1v) is 14.6. The number of ether oxygens (including phenoxy) is 4. The number of aliphatic hydroxyl groups excluding tert-OH is 1. The van der Waals surface area contributed by atoms with Gasteiger partial charge in [0.1, 0.15) is 12.4 Å². The van der Waals surface area contributed by atoms with Gasteiger partial charge in [-0.25, -0.2) is 13.2 Å². The van der Waals surface area contributed by atoms with E-state index < -0.39 is 34.8 Å². The van der Waals surface area contributed by atoms with E-state index >= 15 is 0 Å². The Hall–Kier alpha value is -3.77. The fraction of sp³-hybridized carbons (Fsp3) is 0.333. The Morgan fingerprint density at radius 3 is 2.63 bits per heavy atom. The van der Waals surface area contributed by atoms with Crippen LogP contribution in [-0.2, 0) is 35.4 Å². The molecule has 0 saturated carbocycles. The maximum atomic E-state index is 13.3. The van der Waals surface area contributed by atoms with Gasteiger partial charge in [0.25, 0.3) is 0 Å². The summed E-state index contributed by atoms with van der Waals surface area (Å²) in [7, 11) is -2.46. The number of aliphatic hydroxyl groups is 1. The van der Waals surface area contributed by atoms with Crippen LogP contribution in [0.2, 0.25) is 0 Å². The summed E-state index contributed by atoms with van der Waals surface area (Å²) in [6.45, 7) is 2.79. The van der Waals surface area contributed by atoms with Crippen LogP contribution in [0.4, 0.5) is 0 Å². The molecular formula is C30H33NO9S. The topological polar surface area (TPSA) is 129 Å². The van der Waals surface area contributed by atoms with E-state index in [-0.39, 0.29) is 49.2 Å². The number of nitrogens with zero attached hydrogens (tertiary/aromatic N) is 1. The molecule has 0 radical (unpaired) electrons. The van der Waals surface area contributed by atoms with Gasteiger partial charge in [0, 0.05) is 36.6 Å². The number of benzene rings is 2. The quantitative estimate of drug-likeness (QED) is 0.279. The van der Waals surface area contributed by atoms with Gasteiger partial charge in [-0.1, -0.05) is 43.0 Å². The molecule has 0 spiro atoms. The lowest BCUT2D eigenvalue weighted by molar-refractivity contribution is -0.161. The second-order valence-corrected chi connectivity index (χ2v) is 11.3. The second kappa shape index (κ2) is 13.7. The van der Waals surface area contributed by atoms with Crippen LogP contribution < -0.4 is 4.74 Å². The van der Waals surface area contributed by atoms with Gasteiger partial charge in [-0.05, 0) is 42.3 Å². The third-order valence-electron chi connectivity index (χ3n) is 6.75. The van der Waals surface area contributed by atoms with E-state index in [1.807, 2.05) is 24.3 Å². The summed E-state index contributed by atoms with van der Waals surface area (Å²) in [5.74, 6) is -0.935. The number of rotatable bonds is 13. The summed E-state index contributed by atoms with van der Waals surface area (Å²) < 4.78 is 49.4. The molecule has 2 aromatic carbocycles. The molecule has 1 aliphatic carbocycles. The fourth-order valence-corrected chi connectivity index (χ4v) is 6.10. The van der Waals surface area contributed by atoms with Crippen molar-refractivity contribution >= 4 is 21.8 Å². The molecule has 0 bridgehead atoms. The number of allylic oxidation sites excluding steroid dienone is 3. The molecule has 0 aromatic heterocycles. The minimum absolute atomic E-state index is 0.0237. The smallest absolute Gasteiger partial charge is 0.373 e. The highest BCUT2D eigenvalue weighted by atomic mass is 32.2. The van der Waals surface area contributed by atoms with Crippen LogP contribution >= 0.6 is 0 Å². The molecule has 1 unspecified atom stereocenters. The highest BCUT2D eigenvalue weighted by Crippen LogP contribution is 2.34. The molecule has 1 aliphatic heterocycles. The molecule has 2 atom stereocenters. The second-order valence-electron chi connectivity index (χ2n) is 9.33. The van der Waals surface area contributed by atoms with Crippen LogP contribution in [0, 0.1) is 5.92 Å². The van der Waals surface area contributed by atoms with Crippen molar-refractivity contribution in [2.75, 3.05) is 40.0 Å². The van der Waals surface area contributed by atoms with Crippen molar-refractivity contribution in [1.82, 2.24) is 4.31 Å². The van der Waals surface area contributed by atoms with Crippen LogP contribution in [-0.4, -0.2) is 75.9 Å². The molecular weight excluding hydrogens is 550 g/mol. The number of fused-ring (bicyclic) bond motifs is 1. The Bertz CT molecular complexity index is 1430. The van der Waals surface area contributed by atoms with Crippen molar-refractivity contribution < 1.29 is 42.1 Å². The number of hydrogen-bond donors (Lipinski definition) is 1. The zero-order chi connectivity index (χ0) is 29.4. The van der Waals surface area contributed by atoms with Gasteiger partial charge in [-0.3, -0.25) is 4.79 Å². The van der Waals surface area contributed by atoms with Gasteiger partial charge in [0.05, 0.1) is 25.2 Å². The maximum absolute atomic E-state index is 13.3. The number of carbonyl (C=O) groups excluding carboxylic acids is 2. The number of carbonyl (C=O) groups is 2. The van der Waals surface area contributed by atoms with Gasteiger partial charge in [0.15, 0.2) is 5.78 Å². The average molecular weight is 584 g/mol. The van der Waals surface area contributed by atoms with Crippen molar-refractivity contribution in [3.8, 4) is 5.75 Å². The minimum atomic E-state index is -3.94. The van der Waals surface area contributed by atoms with Crippen molar-refractivity contribution in [3.63, 3.8) is 0 Å². The Morgan fingerprint density at radius 2 is 1.93 bits per heavy atom. The van der Waals surface area contributed by atoms with Gasteiger partial charge in [-0.15, -0.1) is 0 Å². The molecule has 10 nitrogen and oxygen atoms in total.